The van der Waals surface area contributed by atoms with Crippen molar-refractivity contribution in [1.29, 1.82) is 0 Å². The lowest BCUT2D eigenvalue weighted by atomic mass is 9.85. The van der Waals surface area contributed by atoms with E-state index in [-0.39, 0.29) is 11.1 Å². The molecule has 2 nitrogen and oxygen atoms in total. The van der Waals surface area contributed by atoms with Crippen molar-refractivity contribution < 1.29 is 0 Å². The van der Waals surface area contributed by atoms with Gasteiger partial charge in [0.2, 0.25) is 0 Å². The van der Waals surface area contributed by atoms with E-state index in [4.69, 9.17) is 0 Å². The summed E-state index contributed by atoms with van der Waals surface area (Å²) in [4.78, 5) is 0. The maximum Gasteiger partial charge on any atom is 0.0215 e. The first-order valence-corrected chi connectivity index (χ1v) is 11.8. The molecule has 2 aromatic rings. The van der Waals surface area contributed by atoms with E-state index in [1.54, 1.807) is 0 Å². The van der Waals surface area contributed by atoms with Gasteiger partial charge in [0.1, 0.15) is 0 Å². The maximum atomic E-state index is 3.69. The van der Waals surface area contributed by atoms with Gasteiger partial charge in [0, 0.05) is 24.2 Å². The third-order valence-corrected chi connectivity index (χ3v) is 6.53. The minimum atomic E-state index is 0.114. The first-order valence-electron chi connectivity index (χ1n) is 11.8. The molecule has 0 heterocycles. The van der Waals surface area contributed by atoms with Crippen LogP contribution in [0.2, 0.25) is 0 Å². The second-order valence-corrected chi connectivity index (χ2v) is 11.6. The highest BCUT2D eigenvalue weighted by Gasteiger charge is 2.18. The summed E-state index contributed by atoms with van der Waals surface area (Å²) in [6, 6.07) is 4.76. The van der Waals surface area contributed by atoms with Crippen molar-refractivity contribution in [3.63, 3.8) is 0 Å². The Morgan fingerprint density at radius 3 is 1.10 bits per heavy atom. The molecule has 172 valence electrons. The van der Waals surface area contributed by atoms with E-state index in [1.165, 1.54) is 55.6 Å². The SMILES string of the molecule is Cc1cc(C)c(Cc2c(C)cc(C)c(CNC(C)(C)C)c2C)c(C)c1CNC(C)(C)C. The average Bonchev–Trinajstić information content (AvgIpc) is 2.58. The van der Waals surface area contributed by atoms with Crippen LogP contribution in [0, 0.1) is 41.5 Å². The lowest BCUT2D eigenvalue weighted by Crippen LogP contribution is -2.35. The van der Waals surface area contributed by atoms with Crippen LogP contribution in [-0.2, 0) is 19.5 Å². The largest absolute Gasteiger partial charge is 0.308 e. The van der Waals surface area contributed by atoms with Crippen molar-refractivity contribution in [1.82, 2.24) is 10.6 Å². The van der Waals surface area contributed by atoms with E-state index in [0.717, 1.165) is 19.5 Å². The minimum absolute atomic E-state index is 0.114. The van der Waals surface area contributed by atoms with Crippen LogP contribution in [0.1, 0.15) is 97.2 Å². The quantitative estimate of drug-likeness (QED) is 0.529. The molecule has 31 heavy (non-hydrogen) atoms. The lowest BCUT2D eigenvalue weighted by Gasteiger charge is -2.26. The monoisotopic (exact) mass is 422 g/mol. The van der Waals surface area contributed by atoms with Crippen LogP contribution in [0.5, 0.6) is 0 Å². The molecule has 0 atom stereocenters. The Bertz CT molecular complexity index is 860. The molecule has 2 heteroatoms. The van der Waals surface area contributed by atoms with Gasteiger partial charge < -0.3 is 10.6 Å². The van der Waals surface area contributed by atoms with Crippen LogP contribution in [-0.4, -0.2) is 11.1 Å². The van der Waals surface area contributed by atoms with Gasteiger partial charge in [-0.1, -0.05) is 12.1 Å². The first-order chi connectivity index (χ1) is 14.1. The fourth-order valence-corrected chi connectivity index (χ4v) is 4.52. The zero-order chi connectivity index (χ0) is 23.7. The van der Waals surface area contributed by atoms with E-state index < -0.39 is 0 Å². The van der Waals surface area contributed by atoms with Crippen LogP contribution in [0.3, 0.4) is 0 Å². The Balaban J connectivity index is 2.48. The van der Waals surface area contributed by atoms with Crippen molar-refractivity contribution in [2.75, 3.05) is 0 Å². The summed E-state index contributed by atoms with van der Waals surface area (Å²) in [5.41, 5.74) is 14.6. The normalized spacial score (nSPS) is 12.5. The van der Waals surface area contributed by atoms with Crippen LogP contribution in [0.15, 0.2) is 12.1 Å². The Morgan fingerprint density at radius 2 is 0.806 bits per heavy atom. The molecule has 0 bridgehead atoms. The zero-order valence-electron chi connectivity index (χ0n) is 22.3. The number of aryl methyl sites for hydroxylation is 4. The average molecular weight is 423 g/mol. The predicted octanol–water partition coefficient (Wildman–Crippen LogP) is 6.90. The van der Waals surface area contributed by atoms with Crippen molar-refractivity contribution in [3.05, 3.63) is 67.8 Å². The molecule has 2 rings (SSSR count). The Kier molecular flexibility index (Phi) is 7.82. The summed E-state index contributed by atoms with van der Waals surface area (Å²) in [7, 11) is 0. The van der Waals surface area contributed by atoms with Gasteiger partial charge in [0.15, 0.2) is 0 Å². The lowest BCUT2D eigenvalue weighted by molar-refractivity contribution is 0.423. The number of nitrogens with one attached hydrogen (secondary N) is 2. The summed E-state index contributed by atoms with van der Waals surface area (Å²) in [5, 5.41) is 7.38. The van der Waals surface area contributed by atoms with Gasteiger partial charge in [0.05, 0.1) is 0 Å². The molecule has 0 aliphatic heterocycles. The molecule has 0 saturated carbocycles. The van der Waals surface area contributed by atoms with Gasteiger partial charge in [-0.05, 0) is 145 Å². The molecule has 0 saturated heterocycles. The Hall–Kier alpha value is -1.64. The molecule has 2 N–H and O–H groups in total. The fraction of sp³-hybridized carbons (Fsp3) is 0.586. The van der Waals surface area contributed by atoms with Crippen molar-refractivity contribution in [3.8, 4) is 0 Å². The second-order valence-electron chi connectivity index (χ2n) is 11.6. The highest BCUT2D eigenvalue weighted by molar-refractivity contribution is 5.51. The zero-order valence-corrected chi connectivity index (χ0v) is 22.3. The third kappa shape index (κ3) is 6.67. The molecular weight excluding hydrogens is 376 g/mol. The molecule has 0 aliphatic carbocycles. The number of benzene rings is 2. The molecule has 0 spiro atoms. The Morgan fingerprint density at radius 1 is 0.516 bits per heavy atom. The van der Waals surface area contributed by atoms with Gasteiger partial charge in [0.25, 0.3) is 0 Å². The molecule has 0 aromatic heterocycles. The summed E-state index contributed by atoms with van der Waals surface area (Å²) in [5.74, 6) is 0. The van der Waals surface area contributed by atoms with Crippen LogP contribution in [0.25, 0.3) is 0 Å². The second kappa shape index (κ2) is 9.46. The van der Waals surface area contributed by atoms with Crippen molar-refractivity contribution >= 4 is 0 Å². The van der Waals surface area contributed by atoms with Gasteiger partial charge >= 0.3 is 0 Å². The molecule has 2 aromatic carbocycles. The summed E-state index contributed by atoms with van der Waals surface area (Å²) in [6.07, 6.45) is 1.00. The number of hydrogen-bond acceptors (Lipinski definition) is 2. The smallest absolute Gasteiger partial charge is 0.0215 e. The Labute approximate surface area is 192 Å². The van der Waals surface area contributed by atoms with Crippen LogP contribution < -0.4 is 10.6 Å². The first kappa shape index (κ1) is 25.6. The molecule has 0 amide bonds. The van der Waals surface area contributed by atoms with Crippen LogP contribution in [0.4, 0.5) is 0 Å². The van der Waals surface area contributed by atoms with Crippen LogP contribution >= 0.6 is 0 Å². The van der Waals surface area contributed by atoms with E-state index >= 15 is 0 Å². The molecule has 0 aliphatic rings. The predicted molar refractivity (Wildman–Crippen MR) is 137 cm³/mol. The van der Waals surface area contributed by atoms with Crippen molar-refractivity contribution in [2.24, 2.45) is 0 Å². The van der Waals surface area contributed by atoms with E-state index in [2.05, 4.69) is 106 Å². The fourth-order valence-electron chi connectivity index (χ4n) is 4.52. The van der Waals surface area contributed by atoms with Crippen molar-refractivity contribution in [2.45, 2.75) is 114 Å². The topological polar surface area (TPSA) is 24.1 Å². The molecule has 0 radical (unpaired) electrons. The highest BCUT2D eigenvalue weighted by Crippen LogP contribution is 2.30. The van der Waals surface area contributed by atoms with E-state index in [0.29, 0.717) is 0 Å². The maximum absolute atomic E-state index is 3.69. The van der Waals surface area contributed by atoms with Gasteiger partial charge in [-0.25, -0.2) is 0 Å². The minimum Gasteiger partial charge on any atom is -0.308 e. The van der Waals surface area contributed by atoms with E-state index in [9.17, 15) is 0 Å². The number of rotatable bonds is 6. The van der Waals surface area contributed by atoms with Gasteiger partial charge in [-0.15, -0.1) is 0 Å². The summed E-state index contributed by atoms with van der Waals surface area (Å²) < 4.78 is 0. The van der Waals surface area contributed by atoms with Gasteiger partial charge in [-0.2, -0.15) is 0 Å². The standard InChI is InChI=1S/C29H46N2/c1-18-13-20(3)26(16-30-28(7,8)9)22(5)24(18)15-25-19(2)14-21(4)27(23(25)6)17-31-29(10,11)12/h13-14,30-31H,15-17H2,1-12H3. The van der Waals surface area contributed by atoms with Gasteiger partial charge in [-0.3, -0.25) is 0 Å². The highest BCUT2D eigenvalue weighted by atomic mass is 14.9. The summed E-state index contributed by atoms with van der Waals surface area (Å²) in [6.45, 7) is 28.9. The molecular formula is C29H46N2. The number of hydrogen-bond donors (Lipinski definition) is 2. The molecule has 0 unspecified atom stereocenters. The third-order valence-electron chi connectivity index (χ3n) is 6.53. The summed E-state index contributed by atoms with van der Waals surface area (Å²) >= 11 is 0. The molecule has 0 fully saturated rings. The van der Waals surface area contributed by atoms with E-state index in [1.807, 2.05) is 0 Å².